The molecule has 0 fully saturated rings. The summed E-state index contributed by atoms with van der Waals surface area (Å²) in [7, 11) is 0. The molecule has 0 atom stereocenters. The Bertz CT molecular complexity index is 656. The van der Waals surface area contributed by atoms with Crippen molar-refractivity contribution in [3.05, 3.63) is 63.7 Å². The monoisotopic (exact) mass is 286 g/mol. The summed E-state index contributed by atoms with van der Waals surface area (Å²) in [6, 6.07) is 12.9. The van der Waals surface area contributed by atoms with Crippen molar-refractivity contribution in [3.63, 3.8) is 0 Å². The van der Waals surface area contributed by atoms with Crippen molar-refractivity contribution in [1.82, 2.24) is 0 Å². The van der Waals surface area contributed by atoms with Gasteiger partial charge >= 0.3 is 0 Å². The van der Waals surface area contributed by atoms with Gasteiger partial charge in [0, 0.05) is 24.0 Å². The molecule has 1 N–H and O–H groups in total. The first-order chi connectivity index (χ1) is 10.1. The Kier molecular flexibility index (Phi) is 4.55. The lowest BCUT2D eigenvalue weighted by molar-refractivity contribution is -0.385. The number of nitrogens with zero attached hydrogens (tertiary/aromatic N) is 2. The minimum absolute atomic E-state index is 0.0541. The van der Waals surface area contributed by atoms with Crippen LogP contribution in [0.4, 0.5) is 17.1 Å². The zero-order valence-corrected chi connectivity index (χ0v) is 12.1. The van der Waals surface area contributed by atoms with Gasteiger partial charge in [-0.2, -0.15) is 0 Å². The molecule has 0 saturated carbocycles. The van der Waals surface area contributed by atoms with Crippen LogP contribution in [0.25, 0.3) is 0 Å². The fourth-order valence-electron chi connectivity index (χ4n) is 2.35. The number of hydrogen-bond acceptors (Lipinski definition) is 4. The molecule has 2 aromatic rings. The molecule has 0 saturated heterocycles. The second kappa shape index (κ2) is 6.37. The normalized spacial score (nSPS) is 10.4. The third-order valence-corrected chi connectivity index (χ3v) is 3.37. The largest absolute Gasteiger partial charge is 0.391 e. The second-order valence-corrected chi connectivity index (χ2v) is 4.81. The molecular weight excluding hydrogens is 268 g/mol. The number of benzene rings is 2. The molecule has 0 bridgehead atoms. The molecular formula is C16H18N2O3. The van der Waals surface area contributed by atoms with E-state index in [0.717, 1.165) is 23.5 Å². The summed E-state index contributed by atoms with van der Waals surface area (Å²) in [5.41, 5.74) is 3.27. The maximum atomic E-state index is 10.9. The maximum Gasteiger partial charge on any atom is 0.275 e. The van der Waals surface area contributed by atoms with Crippen LogP contribution in [0.1, 0.15) is 18.1 Å². The van der Waals surface area contributed by atoms with E-state index in [9.17, 15) is 15.2 Å². The number of aliphatic hydroxyl groups is 1. The summed E-state index contributed by atoms with van der Waals surface area (Å²) in [4.78, 5) is 12.5. The van der Waals surface area contributed by atoms with Crippen LogP contribution in [-0.2, 0) is 6.61 Å². The molecule has 0 spiro atoms. The van der Waals surface area contributed by atoms with E-state index in [4.69, 9.17) is 0 Å². The molecule has 0 unspecified atom stereocenters. The lowest BCUT2D eigenvalue weighted by atomic mass is 10.1. The molecule has 5 nitrogen and oxygen atoms in total. The van der Waals surface area contributed by atoms with Crippen LogP contribution in [0.5, 0.6) is 0 Å². The minimum Gasteiger partial charge on any atom is -0.391 e. The summed E-state index contributed by atoms with van der Waals surface area (Å²) < 4.78 is 0. The molecule has 0 aliphatic heterocycles. The van der Waals surface area contributed by atoms with E-state index in [1.807, 2.05) is 32.0 Å². The Labute approximate surface area is 123 Å². The molecule has 0 aliphatic rings. The highest BCUT2D eigenvalue weighted by Gasteiger charge is 2.16. The van der Waals surface area contributed by atoms with Crippen molar-refractivity contribution < 1.29 is 10.0 Å². The summed E-state index contributed by atoms with van der Waals surface area (Å²) in [6.07, 6.45) is 0. The Morgan fingerprint density at radius 1 is 1.19 bits per heavy atom. The molecule has 0 aliphatic carbocycles. The average molecular weight is 286 g/mol. The number of nitro benzene ring substituents is 1. The Morgan fingerprint density at radius 3 is 2.48 bits per heavy atom. The van der Waals surface area contributed by atoms with Gasteiger partial charge in [-0.3, -0.25) is 10.1 Å². The van der Waals surface area contributed by atoms with Crippen molar-refractivity contribution >= 4 is 17.1 Å². The van der Waals surface area contributed by atoms with Crippen molar-refractivity contribution in [1.29, 1.82) is 0 Å². The van der Waals surface area contributed by atoms with Crippen molar-refractivity contribution in [2.75, 3.05) is 11.4 Å². The van der Waals surface area contributed by atoms with Gasteiger partial charge in [0.2, 0.25) is 0 Å². The third-order valence-electron chi connectivity index (χ3n) is 3.37. The van der Waals surface area contributed by atoms with Crippen LogP contribution >= 0.6 is 0 Å². The quantitative estimate of drug-likeness (QED) is 0.674. The molecule has 0 aromatic heterocycles. The second-order valence-electron chi connectivity index (χ2n) is 4.81. The zero-order chi connectivity index (χ0) is 15.4. The van der Waals surface area contributed by atoms with Crippen molar-refractivity contribution in [3.8, 4) is 0 Å². The molecule has 2 rings (SSSR count). The Hall–Kier alpha value is -2.40. The van der Waals surface area contributed by atoms with Gasteiger partial charge in [0.15, 0.2) is 0 Å². The topological polar surface area (TPSA) is 66.6 Å². The number of nitro groups is 1. The number of aliphatic hydroxyl groups excluding tert-OH is 1. The highest BCUT2D eigenvalue weighted by atomic mass is 16.6. The first-order valence-corrected chi connectivity index (χ1v) is 6.79. The molecule has 5 heteroatoms. The lowest BCUT2D eigenvalue weighted by Crippen LogP contribution is -2.16. The van der Waals surface area contributed by atoms with Crippen LogP contribution < -0.4 is 4.90 Å². The van der Waals surface area contributed by atoms with E-state index in [-0.39, 0.29) is 12.3 Å². The Morgan fingerprint density at radius 2 is 1.90 bits per heavy atom. The molecule has 0 amide bonds. The third kappa shape index (κ3) is 3.20. The maximum absolute atomic E-state index is 10.9. The fourth-order valence-corrected chi connectivity index (χ4v) is 2.35. The van der Waals surface area contributed by atoms with Gasteiger partial charge in [-0.25, -0.2) is 0 Å². The minimum atomic E-state index is -0.474. The van der Waals surface area contributed by atoms with Crippen molar-refractivity contribution in [2.24, 2.45) is 0 Å². The molecule has 2 aromatic carbocycles. The van der Waals surface area contributed by atoms with Gasteiger partial charge in [0.05, 0.1) is 17.1 Å². The van der Waals surface area contributed by atoms with Gasteiger partial charge in [-0.05, 0) is 43.7 Å². The van der Waals surface area contributed by atoms with Crippen LogP contribution in [0.2, 0.25) is 0 Å². The van der Waals surface area contributed by atoms with E-state index >= 15 is 0 Å². The number of anilines is 2. The zero-order valence-electron chi connectivity index (χ0n) is 12.1. The van der Waals surface area contributed by atoms with Crippen LogP contribution in [0, 0.1) is 17.0 Å². The van der Waals surface area contributed by atoms with Gasteiger partial charge in [0.25, 0.3) is 5.69 Å². The average Bonchev–Trinajstić information content (AvgIpc) is 2.47. The smallest absolute Gasteiger partial charge is 0.275 e. The molecule has 0 heterocycles. The van der Waals surface area contributed by atoms with Crippen LogP contribution in [0.15, 0.2) is 42.5 Å². The standard InChI is InChI=1S/C16H18N2O3/c1-3-17(14-6-4-5-12(2)9-14)15-7-8-16(18(20)21)13(10-15)11-19/h4-10,19H,3,11H2,1-2H3. The van der Waals surface area contributed by atoms with E-state index in [2.05, 4.69) is 11.0 Å². The molecule has 21 heavy (non-hydrogen) atoms. The molecule has 0 radical (unpaired) electrons. The highest BCUT2D eigenvalue weighted by molar-refractivity contribution is 5.66. The number of aryl methyl sites for hydroxylation is 1. The van der Waals surface area contributed by atoms with Gasteiger partial charge in [-0.1, -0.05) is 12.1 Å². The van der Waals surface area contributed by atoms with Crippen molar-refractivity contribution in [2.45, 2.75) is 20.5 Å². The van der Waals surface area contributed by atoms with E-state index < -0.39 is 4.92 Å². The lowest BCUT2D eigenvalue weighted by Gasteiger charge is -2.24. The predicted molar refractivity (Wildman–Crippen MR) is 82.9 cm³/mol. The van der Waals surface area contributed by atoms with Crippen LogP contribution in [-0.4, -0.2) is 16.6 Å². The van der Waals surface area contributed by atoms with Crippen LogP contribution in [0.3, 0.4) is 0 Å². The Balaban J connectivity index is 2.46. The van der Waals surface area contributed by atoms with Gasteiger partial charge in [0.1, 0.15) is 0 Å². The summed E-state index contributed by atoms with van der Waals surface area (Å²) in [5, 5.41) is 20.3. The fraction of sp³-hybridized carbons (Fsp3) is 0.250. The first-order valence-electron chi connectivity index (χ1n) is 6.79. The molecule has 110 valence electrons. The first kappa shape index (κ1) is 15.0. The highest BCUT2D eigenvalue weighted by Crippen LogP contribution is 2.30. The van der Waals surface area contributed by atoms with Gasteiger partial charge in [-0.15, -0.1) is 0 Å². The van der Waals surface area contributed by atoms with Gasteiger partial charge < -0.3 is 10.0 Å². The van der Waals surface area contributed by atoms with E-state index in [1.54, 1.807) is 12.1 Å². The number of rotatable bonds is 5. The predicted octanol–water partition coefficient (Wildman–Crippen LogP) is 3.55. The summed E-state index contributed by atoms with van der Waals surface area (Å²) in [6.45, 7) is 4.41. The number of hydrogen-bond donors (Lipinski definition) is 1. The van der Waals surface area contributed by atoms with E-state index in [0.29, 0.717) is 5.56 Å². The summed E-state index contributed by atoms with van der Waals surface area (Å²) >= 11 is 0. The summed E-state index contributed by atoms with van der Waals surface area (Å²) in [5.74, 6) is 0. The SMILES string of the molecule is CCN(c1cccc(C)c1)c1ccc([N+](=O)[O-])c(CO)c1. The van der Waals surface area contributed by atoms with E-state index in [1.165, 1.54) is 6.07 Å².